The van der Waals surface area contributed by atoms with E-state index in [0.29, 0.717) is 6.04 Å². The zero-order valence-electron chi connectivity index (χ0n) is 9.98. The summed E-state index contributed by atoms with van der Waals surface area (Å²) in [5, 5.41) is 3.46. The SMILES string of the molecule is CCCNC(C)C(OC)C(C)(C)C. The van der Waals surface area contributed by atoms with Crippen LogP contribution in [0.15, 0.2) is 0 Å². The van der Waals surface area contributed by atoms with E-state index in [1.54, 1.807) is 7.11 Å². The third-order valence-electron chi connectivity index (χ3n) is 2.28. The van der Waals surface area contributed by atoms with Gasteiger partial charge in [-0.3, -0.25) is 0 Å². The van der Waals surface area contributed by atoms with Crippen molar-refractivity contribution in [3.05, 3.63) is 0 Å². The van der Waals surface area contributed by atoms with Crippen molar-refractivity contribution in [1.82, 2.24) is 5.32 Å². The van der Waals surface area contributed by atoms with Crippen LogP contribution in [0, 0.1) is 5.41 Å². The molecule has 0 heterocycles. The molecule has 0 aliphatic heterocycles. The van der Waals surface area contributed by atoms with Gasteiger partial charge < -0.3 is 10.1 Å². The highest BCUT2D eigenvalue weighted by Gasteiger charge is 2.28. The maximum Gasteiger partial charge on any atom is 0.0769 e. The van der Waals surface area contributed by atoms with Gasteiger partial charge in [0.2, 0.25) is 0 Å². The first-order valence-electron chi connectivity index (χ1n) is 5.19. The van der Waals surface area contributed by atoms with Crippen LogP contribution in [0.5, 0.6) is 0 Å². The smallest absolute Gasteiger partial charge is 0.0769 e. The lowest BCUT2D eigenvalue weighted by Crippen LogP contribution is -2.46. The Morgan fingerprint density at radius 3 is 2.15 bits per heavy atom. The molecule has 0 saturated heterocycles. The Hall–Kier alpha value is -0.0800. The van der Waals surface area contributed by atoms with E-state index in [1.807, 2.05) is 0 Å². The molecular formula is C11H25NO. The third-order valence-corrected chi connectivity index (χ3v) is 2.28. The summed E-state index contributed by atoms with van der Waals surface area (Å²) < 4.78 is 5.51. The molecule has 0 radical (unpaired) electrons. The highest BCUT2D eigenvalue weighted by molar-refractivity contribution is 4.83. The number of hydrogen-bond donors (Lipinski definition) is 1. The van der Waals surface area contributed by atoms with Crippen molar-refractivity contribution in [2.24, 2.45) is 5.41 Å². The van der Waals surface area contributed by atoms with Crippen LogP contribution >= 0.6 is 0 Å². The summed E-state index contributed by atoms with van der Waals surface area (Å²) >= 11 is 0. The molecule has 0 fully saturated rings. The number of methoxy groups -OCH3 is 1. The molecule has 2 heteroatoms. The predicted octanol–water partition coefficient (Wildman–Crippen LogP) is 2.44. The lowest BCUT2D eigenvalue weighted by atomic mass is 9.85. The van der Waals surface area contributed by atoms with Crippen molar-refractivity contribution in [2.45, 2.75) is 53.2 Å². The highest BCUT2D eigenvalue weighted by Crippen LogP contribution is 2.24. The van der Waals surface area contributed by atoms with Gasteiger partial charge in [-0.1, -0.05) is 27.7 Å². The Bertz CT molecular complexity index is 129. The Balaban J connectivity index is 4.07. The molecule has 0 aromatic heterocycles. The van der Waals surface area contributed by atoms with E-state index in [9.17, 15) is 0 Å². The first-order valence-corrected chi connectivity index (χ1v) is 5.19. The van der Waals surface area contributed by atoms with Gasteiger partial charge in [-0.25, -0.2) is 0 Å². The Labute approximate surface area is 83.1 Å². The Kier molecular flexibility index (Phi) is 5.57. The summed E-state index contributed by atoms with van der Waals surface area (Å²) in [4.78, 5) is 0. The molecular weight excluding hydrogens is 162 g/mol. The fraction of sp³-hybridized carbons (Fsp3) is 1.00. The van der Waals surface area contributed by atoms with E-state index in [2.05, 4.69) is 39.9 Å². The molecule has 0 amide bonds. The average Bonchev–Trinajstić information content (AvgIpc) is 1.99. The topological polar surface area (TPSA) is 21.3 Å². The van der Waals surface area contributed by atoms with Crippen molar-refractivity contribution in [3.8, 4) is 0 Å². The number of hydrogen-bond acceptors (Lipinski definition) is 2. The third kappa shape index (κ3) is 4.63. The van der Waals surface area contributed by atoms with E-state index in [-0.39, 0.29) is 11.5 Å². The van der Waals surface area contributed by atoms with Crippen LogP contribution < -0.4 is 5.32 Å². The van der Waals surface area contributed by atoms with Gasteiger partial charge in [-0.2, -0.15) is 0 Å². The van der Waals surface area contributed by atoms with Crippen LogP contribution in [0.3, 0.4) is 0 Å². The number of ether oxygens (including phenoxy) is 1. The molecule has 0 rings (SSSR count). The van der Waals surface area contributed by atoms with Gasteiger partial charge in [-0.15, -0.1) is 0 Å². The van der Waals surface area contributed by atoms with Gasteiger partial charge in [-0.05, 0) is 25.3 Å². The van der Waals surface area contributed by atoms with Crippen molar-refractivity contribution >= 4 is 0 Å². The zero-order chi connectivity index (χ0) is 10.5. The quantitative estimate of drug-likeness (QED) is 0.714. The summed E-state index contributed by atoms with van der Waals surface area (Å²) in [7, 11) is 1.79. The monoisotopic (exact) mass is 187 g/mol. The maximum atomic E-state index is 5.51. The predicted molar refractivity (Wildman–Crippen MR) is 58.0 cm³/mol. The summed E-state index contributed by atoms with van der Waals surface area (Å²) in [6.45, 7) is 12.1. The average molecular weight is 187 g/mol. The first kappa shape index (κ1) is 12.9. The Morgan fingerprint density at radius 1 is 1.31 bits per heavy atom. The van der Waals surface area contributed by atoms with E-state index in [4.69, 9.17) is 4.74 Å². The van der Waals surface area contributed by atoms with E-state index in [0.717, 1.165) is 6.54 Å². The molecule has 80 valence electrons. The molecule has 13 heavy (non-hydrogen) atoms. The molecule has 2 atom stereocenters. The fourth-order valence-corrected chi connectivity index (χ4v) is 1.79. The molecule has 0 saturated carbocycles. The molecule has 0 bridgehead atoms. The summed E-state index contributed by atoms with van der Waals surface area (Å²) in [5.74, 6) is 0. The van der Waals surface area contributed by atoms with Crippen LogP contribution in [0.4, 0.5) is 0 Å². The lowest BCUT2D eigenvalue weighted by molar-refractivity contribution is -0.00647. The van der Waals surface area contributed by atoms with Crippen molar-refractivity contribution in [3.63, 3.8) is 0 Å². The molecule has 1 N–H and O–H groups in total. The van der Waals surface area contributed by atoms with Gasteiger partial charge >= 0.3 is 0 Å². The van der Waals surface area contributed by atoms with Crippen molar-refractivity contribution < 1.29 is 4.74 Å². The van der Waals surface area contributed by atoms with E-state index in [1.165, 1.54) is 6.42 Å². The molecule has 0 aromatic rings. The van der Waals surface area contributed by atoms with Gasteiger partial charge in [0.15, 0.2) is 0 Å². The molecule has 0 aliphatic carbocycles. The Morgan fingerprint density at radius 2 is 1.85 bits per heavy atom. The van der Waals surface area contributed by atoms with Crippen molar-refractivity contribution in [1.29, 1.82) is 0 Å². The molecule has 0 aromatic carbocycles. The van der Waals surface area contributed by atoms with E-state index >= 15 is 0 Å². The van der Waals surface area contributed by atoms with Crippen LogP contribution in [0.1, 0.15) is 41.0 Å². The molecule has 0 aliphatic rings. The molecule has 2 unspecified atom stereocenters. The fourth-order valence-electron chi connectivity index (χ4n) is 1.79. The van der Waals surface area contributed by atoms with Crippen LogP contribution in [0.25, 0.3) is 0 Å². The van der Waals surface area contributed by atoms with E-state index < -0.39 is 0 Å². The van der Waals surface area contributed by atoms with Gasteiger partial charge in [0, 0.05) is 13.2 Å². The summed E-state index contributed by atoms with van der Waals surface area (Å²) in [6, 6.07) is 0.421. The van der Waals surface area contributed by atoms with Gasteiger partial charge in [0.05, 0.1) is 6.10 Å². The minimum Gasteiger partial charge on any atom is -0.379 e. The second kappa shape index (κ2) is 5.61. The number of rotatable bonds is 5. The first-order chi connectivity index (χ1) is 5.93. The zero-order valence-corrected chi connectivity index (χ0v) is 9.98. The lowest BCUT2D eigenvalue weighted by Gasteiger charge is -2.34. The molecule has 0 spiro atoms. The summed E-state index contributed by atoms with van der Waals surface area (Å²) in [5.41, 5.74) is 0.203. The summed E-state index contributed by atoms with van der Waals surface area (Å²) in [6.07, 6.45) is 1.45. The van der Waals surface area contributed by atoms with Crippen LogP contribution in [-0.4, -0.2) is 25.8 Å². The van der Waals surface area contributed by atoms with Crippen molar-refractivity contribution in [2.75, 3.05) is 13.7 Å². The normalized spacial score (nSPS) is 17.1. The second-order valence-electron chi connectivity index (χ2n) is 4.77. The largest absolute Gasteiger partial charge is 0.379 e. The van der Waals surface area contributed by atoms with Crippen LogP contribution in [-0.2, 0) is 4.74 Å². The molecule has 2 nitrogen and oxygen atoms in total. The van der Waals surface area contributed by atoms with Gasteiger partial charge in [0.25, 0.3) is 0 Å². The van der Waals surface area contributed by atoms with Crippen LogP contribution in [0.2, 0.25) is 0 Å². The highest BCUT2D eigenvalue weighted by atomic mass is 16.5. The van der Waals surface area contributed by atoms with Gasteiger partial charge in [0.1, 0.15) is 0 Å². The number of nitrogens with one attached hydrogen (secondary N) is 1. The second-order valence-corrected chi connectivity index (χ2v) is 4.77. The minimum atomic E-state index is 0.203. The maximum absolute atomic E-state index is 5.51. The standard InChI is InChI=1S/C11H25NO/c1-7-8-12-9(2)10(13-6)11(3,4)5/h9-10,12H,7-8H2,1-6H3. The minimum absolute atomic E-state index is 0.203.